The lowest BCUT2D eigenvalue weighted by Gasteiger charge is -2.34. The maximum atomic E-state index is 12.8. The molecule has 1 fully saturated rings. The van der Waals surface area contributed by atoms with Crippen LogP contribution in [0.5, 0.6) is 0 Å². The van der Waals surface area contributed by atoms with Gasteiger partial charge in [-0.15, -0.1) is 11.3 Å². The quantitative estimate of drug-likeness (QED) is 0.850. The van der Waals surface area contributed by atoms with Crippen LogP contribution in [0.4, 0.5) is 0 Å². The molecule has 0 N–H and O–H groups in total. The van der Waals surface area contributed by atoms with Crippen molar-refractivity contribution in [1.29, 1.82) is 0 Å². The van der Waals surface area contributed by atoms with Crippen molar-refractivity contribution in [2.24, 2.45) is 0 Å². The van der Waals surface area contributed by atoms with E-state index in [2.05, 4.69) is 21.4 Å². The molecule has 2 aromatic rings. The molecule has 1 amide bonds. The Hall–Kier alpha value is -1.79. The van der Waals surface area contributed by atoms with Gasteiger partial charge in [-0.2, -0.15) is 0 Å². The highest BCUT2D eigenvalue weighted by Gasteiger charge is 2.27. The number of amides is 1. The first-order valence-corrected chi connectivity index (χ1v) is 8.39. The molecule has 116 valence electrons. The van der Waals surface area contributed by atoms with Crippen molar-refractivity contribution in [2.45, 2.75) is 25.3 Å². The zero-order valence-corrected chi connectivity index (χ0v) is 13.2. The first-order valence-electron chi connectivity index (χ1n) is 7.51. The summed E-state index contributed by atoms with van der Waals surface area (Å²) in [5, 5.41) is 2.07. The minimum atomic E-state index is -0.0310. The molecule has 2 aromatic heterocycles. The summed E-state index contributed by atoms with van der Waals surface area (Å²) >= 11 is 1.73. The predicted molar refractivity (Wildman–Crippen MR) is 84.9 cm³/mol. The monoisotopic (exact) mass is 317 g/mol. The van der Waals surface area contributed by atoms with E-state index in [4.69, 9.17) is 4.74 Å². The van der Waals surface area contributed by atoms with E-state index in [9.17, 15) is 4.79 Å². The van der Waals surface area contributed by atoms with E-state index in [1.54, 1.807) is 29.9 Å². The Bertz CT molecular complexity index is 583. The van der Waals surface area contributed by atoms with E-state index in [1.807, 2.05) is 11.0 Å². The summed E-state index contributed by atoms with van der Waals surface area (Å²) in [5.74, 6) is -0.0310. The van der Waals surface area contributed by atoms with Crippen LogP contribution in [0.25, 0.3) is 0 Å². The van der Waals surface area contributed by atoms with E-state index in [0.29, 0.717) is 25.5 Å². The van der Waals surface area contributed by atoms with Crippen LogP contribution in [-0.2, 0) is 11.2 Å². The van der Waals surface area contributed by atoms with Gasteiger partial charge in [0.1, 0.15) is 5.69 Å². The van der Waals surface area contributed by atoms with Crippen molar-refractivity contribution in [3.63, 3.8) is 0 Å². The highest BCUT2D eigenvalue weighted by molar-refractivity contribution is 7.09. The highest BCUT2D eigenvalue weighted by Crippen LogP contribution is 2.18. The fraction of sp³-hybridized carbons (Fsp3) is 0.438. The molecule has 0 unspecified atom stereocenters. The molecular weight excluding hydrogens is 298 g/mol. The topological polar surface area (TPSA) is 55.3 Å². The maximum absolute atomic E-state index is 12.8. The number of rotatable bonds is 5. The average molecular weight is 317 g/mol. The number of hydrogen-bond donors (Lipinski definition) is 0. The molecule has 0 aliphatic carbocycles. The van der Waals surface area contributed by atoms with Crippen molar-refractivity contribution in [1.82, 2.24) is 14.9 Å². The lowest BCUT2D eigenvalue weighted by atomic mass is 10.1. The normalized spacial score (nSPS) is 15.6. The van der Waals surface area contributed by atoms with Gasteiger partial charge >= 0.3 is 0 Å². The second kappa shape index (κ2) is 7.47. The molecule has 0 bridgehead atoms. The number of carbonyl (C=O) groups is 1. The summed E-state index contributed by atoms with van der Waals surface area (Å²) in [6, 6.07) is 4.38. The number of hydrogen-bond acceptors (Lipinski definition) is 5. The van der Waals surface area contributed by atoms with Crippen LogP contribution >= 0.6 is 11.3 Å². The van der Waals surface area contributed by atoms with Gasteiger partial charge in [0.05, 0.1) is 6.20 Å². The van der Waals surface area contributed by atoms with Crippen molar-refractivity contribution in [3.05, 3.63) is 46.7 Å². The van der Waals surface area contributed by atoms with Crippen molar-refractivity contribution < 1.29 is 9.53 Å². The number of thiophene rings is 1. The molecular formula is C16H19N3O2S. The van der Waals surface area contributed by atoms with E-state index in [1.165, 1.54) is 4.88 Å². The van der Waals surface area contributed by atoms with Crippen LogP contribution in [0.1, 0.15) is 28.2 Å². The molecule has 22 heavy (non-hydrogen) atoms. The molecule has 1 aliphatic rings. The molecule has 5 nitrogen and oxygen atoms in total. The lowest BCUT2D eigenvalue weighted by Crippen LogP contribution is -2.44. The Morgan fingerprint density at radius 2 is 2.23 bits per heavy atom. The molecule has 0 aromatic carbocycles. The first-order chi connectivity index (χ1) is 10.8. The third-order valence-corrected chi connectivity index (χ3v) is 4.79. The molecule has 0 saturated carbocycles. The van der Waals surface area contributed by atoms with Crippen LogP contribution in [0.3, 0.4) is 0 Å². The van der Waals surface area contributed by atoms with Gasteiger partial charge in [0.15, 0.2) is 0 Å². The van der Waals surface area contributed by atoms with Gasteiger partial charge in [-0.05, 0) is 30.7 Å². The third kappa shape index (κ3) is 3.69. The number of carbonyl (C=O) groups excluding carboxylic acids is 1. The van der Waals surface area contributed by atoms with Crippen molar-refractivity contribution in [2.75, 3.05) is 19.8 Å². The Morgan fingerprint density at radius 1 is 1.36 bits per heavy atom. The largest absolute Gasteiger partial charge is 0.381 e. The molecule has 1 saturated heterocycles. The van der Waals surface area contributed by atoms with Crippen LogP contribution in [-0.4, -0.2) is 46.6 Å². The summed E-state index contributed by atoms with van der Waals surface area (Å²) in [7, 11) is 0. The Balaban J connectivity index is 1.74. The van der Waals surface area contributed by atoms with Gasteiger partial charge in [0.2, 0.25) is 0 Å². The molecule has 0 atom stereocenters. The summed E-state index contributed by atoms with van der Waals surface area (Å²) < 4.78 is 5.42. The average Bonchev–Trinajstić information content (AvgIpc) is 3.10. The Morgan fingerprint density at radius 3 is 2.91 bits per heavy atom. The zero-order valence-electron chi connectivity index (χ0n) is 12.4. The molecule has 0 spiro atoms. The zero-order chi connectivity index (χ0) is 15.2. The molecule has 3 heterocycles. The van der Waals surface area contributed by atoms with E-state index in [-0.39, 0.29) is 11.9 Å². The molecule has 6 heteroatoms. The number of nitrogens with zero attached hydrogens (tertiary/aromatic N) is 3. The maximum Gasteiger partial charge on any atom is 0.274 e. The van der Waals surface area contributed by atoms with Crippen LogP contribution in [0.2, 0.25) is 0 Å². The second-order valence-electron chi connectivity index (χ2n) is 5.26. The molecule has 1 aliphatic heterocycles. The summed E-state index contributed by atoms with van der Waals surface area (Å²) in [6.45, 7) is 2.14. The lowest BCUT2D eigenvalue weighted by molar-refractivity contribution is 0.0290. The number of aromatic nitrogens is 2. The Labute approximate surface area is 134 Å². The van der Waals surface area contributed by atoms with Crippen molar-refractivity contribution in [3.8, 4) is 0 Å². The van der Waals surface area contributed by atoms with Gasteiger partial charge in [-0.1, -0.05) is 6.07 Å². The van der Waals surface area contributed by atoms with Crippen molar-refractivity contribution >= 4 is 17.2 Å². The van der Waals surface area contributed by atoms with E-state index < -0.39 is 0 Å². The van der Waals surface area contributed by atoms with Gasteiger partial charge < -0.3 is 9.64 Å². The van der Waals surface area contributed by atoms with E-state index >= 15 is 0 Å². The van der Waals surface area contributed by atoms with Crippen LogP contribution < -0.4 is 0 Å². The fourth-order valence-electron chi connectivity index (χ4n) is 2.69. The fourth-order valence-corrected chi connectivity index (χ4v) is 3.39. The van der Waals surface area contributed by atoms with Crippen LogP contribution in [0.15, 0.2) is 36.1 Å². The third-order valence-electron chi connectivity index (χ3n) is 3.85. The number of ether oxygens (including phenoxy) is 1. The van der Waals surface area contributed by atoms with Gasteiger partial charge in [-0.25, -0.2) is 4.98 Å². The predicted octanol–water partition coefficient (Wildman–Crippen LogP) is 2.40. The SMILES string of the molecule is O=C(c1cnccn1)N(CCc1cccs1)C1CCOCC1. The minimum Gasteiger partial charge on any atom is -0.381 e. The van der Waals surface area contributed by atoms with Gasteiger partial charge in [-0.3, -0.25) is 9.78 Å². The van der Waals surface area contributed by atoms with Gasteiger partial charge in [0.25, 0.3) is 5.91 Å². The molecule has 0 radical (unpaired) electrons. The summed E-state index contributed by atoms with van der Waals surface area (Å²) in [6.07, 6.45) is 7.34. The Kier molecular flexibility index (Phi) is 5.13. The second-order valence-corrected chi connectivity index (χ2v) is 6.29. The highest BCUT2D eigenvalue weighted by atomic mass is 32.1. The van der Waals surface area contributed by atoms with Gasteiger partial charge in [0, 0.05) is 43.1 Å². The first kappa shape index (κ1) is 15.1. The van der Waals surface area contributed by atoms with E-state index in [0.717, 1.165) is 19.3 Å². The molecule has 3 rings (SSSR count). The summed E-state index contributed by atoms with van der Waals surface area (Å²) in [4.78, 5) is 24.2. The standard InChI is InChI=1S/C16H19N3O2S/c20-16(15-12-17-6-7-18-15)19(13-4-9-21-10-5-13)8-3-14-2-1-11-22-14/h1-2,6-7,11-13H,3-5,8-10H2. The summed E-state index contributed by atoms with van der Waals surface area (Å²) in [5.41, 5.74) is 0.417. The minimum absolute atomic E-state index is 0.0310. The van der Waals surface area contributed by atoms with Crippen LogP contribution in [0, 0.1) is 0 Å². The smallest absolute Gasteiger partial charge is 0.274 e.